The lowest BCUT2D eigenvalue weighted by Crippen LogP contribution is -2.32. The number of rotatable bonds is 7. The number of primary sulfonamides is 1. The van der Waals surface area contributed by atoms with Crippen LogP contribution in [0, 0.1) is 0 Å². The summed E-state index contributed by atoms with van der Waals surface area (Å²) in [7, 11) is -3.59. The van der Waals surface area contributed by atoms with Crippen molar-refractivity contribution in [3.8, 4) is 0 Å². The molecule has 0 aliphatic carbocycles. The van der Waals surface area contributed by atoms with Crippen LogP contribution in [0.2, 0.25) is 0 Å². The number of hydrogen-bond donors (Lipinski definition) is 3. The van der Waals surface area contributed by atoms with Crippen LogP contribution in [0.1, 0.15) is 23.8 Å². The average Bonchev–Trinajstić information content (AvgIpc) is 2.35. The van der Waals surface area contributed by atoms with Crippen molar-refractivity contribution in [3.63, 3.8) is 0 Å². The van der Waals surface area contributed by atoms with E-state index in [9.17, 15) is 13.2 Å². The highest BCUT2D eigenvalue weighted by Crippen LogP contribution is 2.02. The molecule has 19 heavy (non-hydrogen) atoms. The maximum atomic E-state index is 11.7. The van der Waals surface area contributed by atoms with Crippen molar-refractivity contribution in [1.29, 1.82) is 0 Å². The quantitative estimate of drug-likeness (QED) is 0.609. The van der Waals surface area contributed by atoms with Crippen LogP contribution in [-0.4, -0.2) is 43.1 Å². The van der Waals surface area contributed by atoms with Gasteiger partial charge in [-0.3, -0.25) is 9.78 Å². The number of amides is 1. The Labute approximate surface area is 111 Å². The molecule has 9 heteroatoms. The van der Waals surface area contributed by atoms with Crippen molar-refractivity contribution in [2.75, 3.05) is 24.2 Å². The number of nitrogens with one attached hydrogen (secondary N) is 2. The number of aromatic nitrogens is 2. The summed E-state index contributed by atoms with van der Waals surface area (Å²) >= 11 is 0. The molecule has 0 aliphatic heterocycles. The Morgan fingerprint density at radius 2 is 2.11 bits per heavy atom. The van der Waals surface area contributed by atoms with Crippen LogP contribution in [0.15, 0.2) is 12.4 Å². The molecule has 0 spiro atoms. The number of carbonyl (C=O) groups is 1. The Bertz CT molecular complexity index is 532. The molecular weight excluding hydrogens is 270 g/mol. The van der Waals surface area contributed by atoms with Crippen molar-refractivity contribution >= 4 is 21.7 Å². The summed E-state index contributed by atoms with van der Waals surface area (Å²) in [4.78, 5) is 19.6. The van der Waals surface area contributed by atoms with E-state index in [4.69, 9.17) is 5.14 Å². The number of nitrogens with zero attached hydrogens (tertiary/aromatic N) is 2. The maximum Gasteiger partial charge on any atom is 0.271 e. The molecule has 1 amide bonds. The van der Waals surface area contributed by atoms with Gasteiger partial charge < -0.3 is 10.6 Å². The Morgan fingerprint density at radius 3 is 2.74 bits per heavy atom. The van der Waals surface area contributed by atoms with Gasteiger partial charge in [0.1, 0.15) is 11.5 Å². The minimum atomic E-state index is -3.59. The molecule has 0 aromatic carbocycles. The fourth-order valence-corrected chi connectivity index (χ4v) is 1.60. The molecule has 0 aliphatic rings. The van der Waals surface area contributed by atoms with E-state index in [2.05, 4.69) is 20.6 Å². The third kappa shape index (κ3) is 6.11. The van der Waals surface area contributed by atoms with Gasteiger partial charge in [0.25, 0.3) is 5.91 Å². The molecule has 0 saturated carbocycles. The monoisotopic (exact) mass is 287 g/mol. The number of nitrogens with two attached hydrogens (primary N) is 1. The van der Waals surface area contributed by atoms with Gasteiger partial charge in [-0.1, -0.05) is 6.92 Å². The molecule has 8 nitrogen and oxygen atoms in total. The van der Waals surface area contributed by atoms with E-state index in [1.54, 1.807) is 0 Å². The summed E-state index contributed by atoms with van der Waals surface area (Å²) in [5.41, 5.74) is 0.121. The first kappa shape index (κ1) is 15.3. The van der Waals surface area contributed by atoms with Crippen LogP contribution in [0.5, 0.6) is 0 Å². The summed E-state index contributed by atoms with van der Waals surface area (Å²) in [5.74, 6) is -0.308. The highest BCUT2D eigenvalue weighted by atomic mass is 32.2. The van der Waals surface area contributed by atoms with Crippen LogP contribution in [0.3, 0.4) is 0 Å². The van der Waals surface area contributed by atoms with Crippen LogP contribution in [-0.2, 0) is 10.0 Å². The van der Waals surface area contributed by atoms with Crippen LogP contribution < -0.4 is 15.8 Å². The Kier molecular flexibility index (Phi) is 5.64. The smallest absolute Gasteiger partial charge is 0.271 e. The van der Waals surface area contributed by atoms with Gasteiger partial charge in [0.15, 0.2) is 0 Å². The van der Waals surface area contributed by atoms with Crippen LogP contribution >= 0.6 is 0 Å². The Morgan fingerprint density at radius 1 is 1.37 bits per heavy atom. The van der Waals surface area contributed by atoms with Gasteiger partial charge in [-0.25, -0.2) is 18.5 Å². The minimum absolute atomic E-state index is 0.0635. The lowest BCUT2D eigenvalue weighted by molar-refractivity contribution is 0.0951. The van der Waals surface area contributed by atoms with E-state index in [1.165, 1.54) is 12.4 Å². The van der Waals surface area contributed by atoms with Gasteiger partial charge in [-0.05, 0) is 6.42 Å². The number of carbonyl (C=O) groups excluding carboxylic acids is 1. The van der Waals surface area contributed by atoms with Crippen LogP contribution in [0.4, 0.5) is 5.82 Å². The fourth-order valence-electron chi connectivity index (χ4n) is 1.21. The number of anilines is 1. The highest BCUT2D eigenvalue weighted by molar-refractivity contribution is 7.89. The number of sulfonamides is 1. The summed E-state index contributed by atoms with van der Waals surface area (Å²) in [6.07, 6.45) is 3.74. The second-order valence-electron chi connectivity index (χ2n) is 3.84. The van der Waals surface area contributed by atoms with Gasteiger partial charge in [-0.15, -0.1) is 0 Å². The molecular formula is C10H17N5O3S. The third-order valence-electron chi connectivity index (χ3n) is 2.10. The molecule has 4 N–H and O–H groups in total. The molecule has 1 aromatic rings. The standard InChI is InChI=1S/C10H17N5O3S/c1-2-3-13-9-7-12-6-8(15-9)10(16)14-4-5-19(11,17)18/h6-7H,2-5H2,1H3,(H,13,15)(H,14,16)(H2,11,17,18). The van der Waals surface area contributed by atoms with Crippen molar-refractivity contribution in [2.24, 2.45) is 5.14 Å². The molecule has 1 heterocycles. The van der Waals surface area contributed by atoms with Crippen molar-refractivity contribution < 1.29 is 13.2 Å². The van der Waals surface area contributed by atoms with Crippen molar-refractivity contribution in [2.45, 2.75) is 13.3 Å². The SMILES string of the molecule is CCCNc1cncc(C(=O)NCCS(N)(=O)=O)n1. The van der Waals surface area contributed by atoms with Gasteiger partial charge in [0.2, 0.25) is 10.0 Å². The summed E-state index contributed by atoms with van der Waals surface area (Å²) in [5, 5.41) is 10.2. The van der Waals surface area contributed by atoms with Gasteiger partial charge in [-0.2, -0.15) is 0 Å². The van der Waals surface area contributed by atoms with E-state index < -0.39 is 15.9 Å². The molecule has 0 fully saturated rings. The van der Waals surface area contributed by atoms with Crippen molar-refractivity contribution in [1.82, 2.24) is 15.3 Å². The fraction of sp³-hybridized carbons (Fsp3) is 0.500. The molecule has 106 valence electrons. The molecule has 0 radical (unpaired) electrons. The summed E-state index contributed by atoms with van der Waals surface area (Å²) < 4.78 is 21.4. The Hall–Kier alpha value is -1.74. The molecule has 0 unspecified atom stereocenters. The largest absolute Gasteiger partial charge is 0.369 e. The zero-order chi connectivity index (χ0) is 14.3. The van der Waals surface area contributed by atoms with E-state index in [1.807, 2.05) is 6.92 Å². The van der Waals surface area contributed by atoms with Crippen molar-refractivity contribution in [3.05, 3.63) is 18.1 Å². The normalized spacial score (nSPS) is 11.1. The molecule has 0 atom stereocenters. The maximum absolute atomic E-state index is 11.7. The first-order valence-corrected chi connectivity index (χ1v) is 7.48. The lowest BCUT2D eigenvalue weighted by atomic mass is 10.4. The highest BCUT2D eigenvalue weighted by Gasteiger charge is 2.10. The third-order valence-corrected chi connectivity index (χ3v) is 2.87. The molecule has 1 aromatic heterocycles. The second-order valence-corrected chi connectivity index (χ2v) is 5.57. The summed E-state index contributed by atoms with van der Waals surface area (Å²) in [6, 6.07) is 0. The predicted octanol–water partition coefficient (Wildman–Crippen LogP) is -0.683. The minimum Gasteiger partial charge on any atom is -0.369 e. The predicted molar refractivity (Wildman–Crippen MR) is 71.1 cm³/mol. The molecule has 1 rings (SSSR count). The van der Waals surface area contributed by atoms with Crippen LogP contribution in [0.25, 0.3) is 0 Å². The van der Waals surface area contributed by atoms with Gasteiger partial charge >= 0.3 is 0 Å². The van der Waals surface area contributed by atoms with Gasteiger partial charge in [0, 0.05) is 13.1 Å². The first-order valence-electron chi connectivity index (χ1n) is 5.77. The number of hydrogen-bond acceptors (Lipinski definition) is 6. The second kappa shape index (κ2) is 7.00. The van der Waals surface area contributed by atoms with Gasteiger partial charge in [0.05, 0.1) is 18.1 Å². The van der Waals surface area contributed by atoms with E-state index in [-0.39, 0.29) is 18.0 Å². The van der Waals surface area contributed by atoms with E-state index >= 15 is 0 Å². The summed E-state index contributed by atoms with van der Waals surface area (Å²) in [6.45, 7) is 2.67. The van der Waals surface area contributed by atoms with E-state index in [0.29, 0.717) is 5.82 Å². The molecule has 0 bridgehead atoms. The Balaban J connectivity index is 2.56. The van der Waals surface area contributed by atoms with E-state index in [0.717, 1.165) is 13.0 Å². The molecule has 0 saturated heterocycles. The zero-order valence-electron chi connectivity index (χ0n) is 10.6. The average molecular weight is 287 g/mol. The first-order chi connectivity index (χ1) is 8.92. The topological polar surface area (TPSA) is 127 Å². The lowest BCUT2D eigenvalue weighted by Gasteiger charge is -2.06. The zero-order valence-corrected chi connectivity index (χ0v) is 11.4.